The highest BCUT2D eigenvalue weighted by molar-refractivity contribution is 6.37. The Morgan fingerprint density at radius 2 is 1.11 bits per heavy atom. The molecule has 0 spiro atoms. The topological polar surface area (TPSA) is 38.1 Å². The number of nitrogens with zero attached hydrogens (tertiary/aromatic N) is 2. The van der Waals surface area contributed by atoms with E-state index < -0.39 is 0 Å². The van der Waals surface area contributed by atoms with Crippen LogP contribution in [0, 0.1) is 20.8 Å². The first-order valence-electron chi connectivity index (χ1n) is 21.4. The second-order valence-electron chi connectivity index (χ2n) is 19.8. The Bertz CT molecular complexity index is 2740. The molecule has 1 aliphatic heterocycles. The van der Waals surface area contributed by atoms with Crippen LogP contribution in [0.25, 0.3) is 22.1 Å². The molecule has 0 fully saturated rings. The summed E-state index contributed by atoms with van der Waals surface area (Å²) in [5.41, 5.74) is 14.5. The Morgan fingerprint density at radius 1 is 0.525 bits per heavy atom. The predicted octanol–water partition coefficient (Wildman–Crippen LogP) is 16.3. The number of anilines is 6. The van der Waals surface area contributed by atoms with Gasteiger partial charge in [-0.15, -0.1) is 0 Å². The molecule has 314 valence electrons. The fraction of sp³-hybridized carbons (Fsp3) is 0.309. The van der Waals surface area contributed by atoms with Crippen molar-refractivity contribution in [2.24, 2.45) is 0 Å². The summed E-state index contributed by atoms with van der Waals surface area (Å²) < 4.78 is 19.1. The van der Waals surface area contributed by atoms with Crippen molar-refractivity contribution in [1.82, 2.24) is 0 Å². The molecule has 0 atom stereocenters. The van der Waals surface area contributed by atoms with E-state index in [4.69, 9.17) is 25.5 Å². The minimum atomic E-state index is -0.0724. The molecule has 61 heavy (non-hydrogen) atoms. The number of hydrogen-bond donors (Lipinski definition) is 0. The molecule has 0 radical (unpaired) electrons. The zero-order valence-electron chi connectivity index (χ0n) is 37.9. The third-order valence-corrected chi connectivity index (χ3v) is 12.2. The standard InChI is InChI=1S/C55H59ClN2O3/c1-34-26-45(57(42-20-23-48-49(33-42)60-25-24-59-48)44-21-18-40(54(7,8)9)32-43(44)37-16-14-13-15-17-37)51(56)46(27-34)58(52-35(2)28-41(29-36(52)3)55(10,11)12)50-31-38-30-39(53(4,5)6)19-22-47(38)61-50/h13-23,26-33H,24-25H2,1-12H3. The molecular weight excluding hydrogens is 772 g/mol. The van der Waals surface area contributed by atoms with E-state index >= 15 is 0 Å². The lowest BCUT2D eigenvalue weighted by Gasteiger charge is -2.34. The van der Waals surface area contributed by atoms with Crippen molar-refractivity contribution in [2.75, 3.05) is 23.0 Å². The molecular formula is C55H59ClN2O3. The van der Waals surface area contributed by atoms with Crippen LogP contribution in [0.1, 0.15) is 95.7 Å². The van der Waals surface area contributed by atoms with Crippen LogP contribution >= 0.6 is 11.6 Å². The third kappa shape index (κ3) is 8.25. The van der Waals surface area contributed by atoms with Gasteiger partial charge in [0.05, 0.1) is 33.5 Å². The molecule has 2 heterocycles. The maximum absolute atomic E-state index is 8.03. The molecule has 6 aromatic carbocycles. The molecule has 1 aromatic heterocycles. The minimum Gasteiger partial charge on any atom is -0.486 e. The first kappa shape index (κ1) is 42.1. The minimum absolute atomic E-state index is 0.0168. The van der Waals surface area contributed by atoms with Crippen LogP contribution in [0.15, 0.2) is 120 Å². The predicted molar refractivity (Wildman–Crippen MR) is 257 cm³/mol. The van der Waals surface area contributed by atoms with Gasteiger partial charge in [-0.25, -0.2) is 0 Å². The Balaban J connectivity index is 1.42. The molecule has 0 unspecified atom stereocenters. The van der Waals surface area contributed by atoms with Gasteiger partial charge in [0.1, 0.15) is 18.8 Å². The SMILES string of the molecule is Cc1cc(N(c2ccc3c(c2)OCCO3)c2ccc(C(C)(C)C)cc2-c2ccccc2)c(Cl)c(N(c2cc3cc(C(C)(C)C)ccc3o2)c2c(C)cc(C(C)(C)C)cc2C)c1. The van der Waals surface area contributed by atoms with Crippen molar-refractivity contribution in [3.63, 3.8) is 0 Å². The van der Waals surface area contributed by atoms with Crippen molar-refractivity contribution in [3.05, 3.63) is 154 Å². The summed E-state index contributed by atoms with van der Waals surface area (Å²) >= 11 is 8.03. The van der Waals surface area contributed by atoms with Gasteiger partial charge in [0.25, 0.3) is 0 Å². The van der Waals surface area contributed by atoms with Crippen LogP contribution < -0.4 is 19.3 Å². The molecule has 0 aliphatic carbocycles. The summed E-state index contributed by atoms with van der Waals surface area (Å²) in [5, 5.41) is 1.62. The monoisotopic (exact) mass is 830 g/mol. The highest BCUT2D eigenvalue weighted by Gasteiger charge is 2.30. The number of ether oxygens (including phenoxy) is 2. The molecule has 8 rings (SSSR count). The van der Waals surface area contributed by atoms with Crippen LogP contribution in [0.3, 0.4) is 0 Å². The Morgan fingerprint density at radius 3 is 1.75 bits per heavy atom. The average Bonchev–Trinajstić information content (AvgIpc) is 3.63. The molecule has 7 aromatic rings. The third-order valence-electron chi connectivity index (χ3n) is 11.8. The van der Waals surface area contributed by atoms with Gasteiger partial charge < -0.3 is 18.8 Å². The lowest BCUT2D eigenvalue weighted by molar-refractivity contribution is 0.171. The lowest BCUT2D eigenvalue weighted by Crippen LogP contribution is -2.19. The van der Waals surface area contributed by atoms with E-state index in [-0.39, 0.29) is 16.2 Å². The van der Waals surface area contributed by atoms with Crippen molar-refractivity contribution < 1.29 is 13.9 Å². The summed E-state index contributed by atoms with van der Waals surface area (Å²) in [4.78, 5) is 4.51. The number of benzene rings is 6. The normalized spacial score (nSPS) is 13.1. The van der Waals surface area contributed by atoms with Crippen molar-refractivity contribution in [1.29, 1.82) is 0 Å². The number of hydrogen-bond acceptors (Lipinski definition) is 5. The van der Waals surface area contributed by atoms with E-state index in [2.05, 4.69) is 202 Å². The summed E-state index contributed by atoms with van der Waals surface area (Å²) in [5.74, 6) is 2.13. The van der Waals surface area contributed by atoms with Crippen molar-refractivity contribution in [3.8, 4) is 22.6 Å². The van der Waals surface area contributed by atoms with E-state index in [0.717, 1.165) is 73.0 Å². The highest BCUT2D eigenvalue weighted by Crippen LogP contribution is 2.52. The number of halogens is 1. The van der Waals surface area contributed by atoms with Crippen LogP contribution in [0.2, 0.25) is 5.02 Å². The molecule has 0 saturated heterocycles. The second-order valence-corrected chi connectivity index (χ2v) is 20.1. The van der Waals surface area contributed by atoms with Gasteiger partial charge in [0.15, 0.2) is 11.5 Å². The maximum Gasteiger partial charge on any atom is 0.205 e. The average molecular weight is 832 g/mol. The maximum atomic E-state index is 8.03. The first-order valence-corrected chi connectivity index (χ1v) is 21.8. The molecule has 5 nitrogen and oxygen atoms in total. The number of rotatable bonds is 7. The zero-order chi connectivity index (χ0) is 43.6. The molecule has 6 heteroatoms. The summed E-state index contributed by atoms with van der Waals surface area (Å²) in [6, 6.07) is 41.3. The number of furan rings is 1. The van der Waals surface area contributed by atoms with Crippen LogP contribution in [-0.2, 0) is 16.2 Å². The van der Waals surface area contributed by atoms with Crippen LogP contribution in [0.5, 0.6) is 11.5 Å². The van der Waals surface area contributed by atoms with Gasteiger partial charge in [-0.05, 0) is 124 Å². The van der Waals surface area contributed by atoms with E-state index in [1.54, 1.807) is 0 Å². The van der Waals surface area contributed by atoms with Crippen molar-refractivity contribution >= 4 is 56.9 Å². The lowest BCUT2D eigenvalue weighted by atomic mass is 9.84. The fourth-order valence-electron chi connectivity index (χ4n) is 8.38. The van der Waals surface area contributed by atoms with E-state index in [9.17, 15) is 0 Å². The van der Waals surface area contributed by atoms with Crippen molar-refractivity contribution in [2.45, 2.75) is 99.3 Å². The van der Waals surface area contributed by atoms with E-state index in [1.165, 1.54) is 16.7 Å². The van der Waals surface area contributed by atoms with Crippen LogP contribution in [-0.4, -0.2) is 13.2 Å². The largest absolute Gasteiger partial charge is 0.486 e. The Hall–Kier alpha value is -5.65. The summed E-state index contributed by atoms with van der Waals surface area (Å²) in [7, 11) is 0. The summed E-state index contributed by atoms with van der Waals surface area (Å²) in [6.45, 7) is 27.8. The molecule has 1 aliphatic rings. The van der Waals surface area contributed by atoms with Gasteiger partial charge in [0.2, 0.25) is 5.88 Å². The van der Waals surface area contributed by atoms with E-state index in [0.29, 0.717) is 29.9 Å². The van der Waals surface area contributed by atoms with E-state index in [1.807, 2.05) is 6.07 Å². The smallest absolute Gasteiger partial charge is 0.205 e. The molecule has 0 bridgehead atoms. The van der Waals surface area contributed by atoms with Gasteiger partial charge >= 0.3 is 0 Å². The quantitative estimate of drug-likeness (QED) is 0.160. The van der Waals surface area contributed by atoms with Gasteiger partial charge in [0, 0.05) is 23.1 Å². The van der Waals surface area contributed by atoms with Gasteiger partial charge in [-0.1, -0.05) is 129 Å². The van der Waals surface area contributed by atoms with Gasteiger partial charge in [-0.2, -0.15) is 0 Å². The molecule has 0 N–H and O–H groups in total. The van der Waals surface area contributed by atoms with Crippen LogP contribution in [0.4, 0.5) is 34.3 Å². The highest BCUT2D eigenvalue weighted by atomic mass is 35.5. The Labute approximate surface area is 367 Å². The first-order chi connectivity index (χ1) is 28.8. The van der Waals surface area contributed by atoms with Gasteiger partial charge in [-0.3, -0.25) is 4.90 Å². The summed E-state index contributed by atoms with van der Waals surface area (Å²) in [6.07, 6.45) is 0. The second kappa shape index (κ2) is 15.7. The Kier molecular flexibility index (Phi) is 10.8. The number of aryl methyl sites for hydroxylation is 3. The zero-order valence-corrected chi connectivity index (χ0v) is 38.6. The number of fused-ring (bicyclic) bond motifs is 2. The molecule has 0 saturated carbocycles. The molecule has 0 amide bonds. The fourth-order valence-corrected chi connectivity index (χ4v) is 8.66.